The van der Waals surface area contributed by atoms with E-state index in [4.69, 9.17) is 11.6 Å². The van der Waals surface area contributed by atoms with E-state index < -0.39 is 15.9 Å². The summed E-state index contributed by atoms with van der Waals surface area (Å²) in [6.07, 6.45) is 1.68. The molecule has 0 aliphatic heterocycles. The summed E-state index contributed by atoms with van der Waals surface area (Å²) in [6, 6.07) is 19.7. The zero-order valence-corrected chi connectivity index (χ0v) is 22.4. The monoisotopic (exact) mass is 555 g/mol. The summed E-state index contributed by atoms with van der Waals surface area (Å²) in [5.41, 5.74) is 2.06. The second kappa shape index (κ2) is 12.0. The molecule has 10 heteroatoms. The number of nitrogens with zero attached hydrogens (tertiary/aromatic N) is 1. The van der Waals surface area contributed by atoms with Crippen molar-refractivity contribution in [2.75, 3.05) is 18.4 Å². The van der Waals surface area contributed by atoms with Crippen molar-refractivity contribution in [2.24, 2.45) is 0 Å². The third-order valence-corrected chi connectivity index (χ3v) is 8.51. The van der Waals surface area contributed by atoms with Crippen molar-refractivity contribution >= 4 is 43.8 Å². The molecule has 0 radical (unpaired) electrons. The quantitative estimate of drug-likeness (QED) is 0.236. The van der Waals surface area contributed by atoms with Crippen LogP contribution in [0.3, 0.4) is 0 Å². The number of rotatable bonds is 10. The number of aryl methyl sites for hydroxylation is 1. The molecule has 1 amide bonds. The van der Waals surface area contributed by atoms with Crippen LogP contribution < -0.4 is 10.6 Å². The molecule has 1 heterocycles. The van der Waals surface area contributed by atoms with Gasteiger partial charge in [-0.25, -0.2) is 13.4 Å². The van der Waals surface area contributed by atoms with E-state index in [-0.39, 0.29) is 15.7 Å². The minimum absolute atomic E-state index is 0.110. The predicted octanol–water partition coefficient (Wildman–Crippen LogP) is 5.06. The number of thiazole rings is 1. The molecule has 3 N–H and O–H groups in total. The van der Waals surface area contributed by atoms with Crippen LogP contribution in [0.5, 0.6) is 0 Å². The normalized spacial score (nSPS) is 12.3. The summed E-state index contributed by atoms with van der Waals surface area (Å²) in [7, 11) is -3.73. The lowest BCUT2D eigenvalue weighted by Gasteiger charge is -2.13. The van der Waals surface area contributed by atoms with Gasteiger partial charge in [-0.1, -0.05) is 35.9 Å². The van der Waals surface area contributed by atoms with Crippen LogP contribution in [0.15, 0.2) is 88.8 Å². The largest absolute Gasteiger partial charge is 0.387 e. The number of hydrogen-bond donors (Lipinski definition) is 3. The molecule has 0 spiro atoms. The zero-order valence-electron chi connectivity index (χ0n) is 20.0. The Morgan fingerprint density at radius 1 is 1.05 bits per heavy atom. The molecule has 0 aliphatic carbocycles. The maximum absolute atomic E-state index is 13.1. The van der Waals surface area contributed by atoms with Gasteiger partial charge < -0.3 is 10.4 Å². The number of aliphatic hydroxyl groups is 1. The van der Waals surface area contributed by atoms with Gasteiger partial charge in [0.2, 0.25) is 9.84 Å². The molecule has 0 fully saturated rings. The molecule has 3 aromatic carbocycles. The number of carbonyl (C=O) groups excluding carboxylic acids is 1. The lowest BCUT2D eigenvalue weighted by atomic mass is 10.1. The van der Waals surface area contributed by atoms with Crippen LogP contribution in [0.25, 0.3) is 0 Å². The van der Waals surface area contributed by atoms with E-state index in [2.05, 4.69) is 15.6 Å². The highest BCUT2D eigenvalue weighted by molar-refractivity contribution is 7.91. The van der Waals surface area contributed by atoms with Crippen LogP contribution in [0.1, 0.15) is 32.5 Å². The average Bonchev–Trinajstić information content (AvgIpc) is 3.31. The standard InChI is InChI=1S/C27H26ClN3O4S2/c1-18-16-30-27(36-18)31-26(33)20-7-11-24(12-8-20)37(34,35)23-9-5-19(6-10-23)13-14-29-17-25(32)21-3-2-4-22(28)15-21/h2-12,15-16,25,29,32H,13-14,17H2,1H3,(H,30,31,33)/t25-/m0/s1. The summed E-state index contributed by atoms with van der Waals surface area (Å²) in [5.74, 6) is -0.351. The second-order valence-corrected chi connectivity index (χ2v) is 12.0. The summed E-state index contributed by atoms with van der Waals surface area (Å²) in [6.45, 7) is 2.89. The molecule has 0 saturated carbocycles. The number of amides is 1. The topological polar surface area (TPSA) is 108 Å². The van der Waals surface area contributed by atoms with Gasteiger partial charge in [-0.15, -0.1) is 11.3 Å². The van der Waals surface area contributed by atoms with E-state index in [9.17, 15) is 18.3 Å². The molecule has 0 aliphatic rings. The lowest BCUT2D eigenvalue weighted by Crippen LogP contribution is -2.23. The van der Waals surface area contributed by atoms with E-state index in [1.807, 2.05) is 13.0 Å². The highest BCUT2D eigenvalue weighted by Gasteiger charge is 2.18. The SMILES string of the molecule is Cc1cnc(NC(=O)c2ccc(S(=O)(=O)c3ccc(CCNC[C@H](O)c4cccc(Cl)c4)cc3)cc2)s1. The van der Waals surface area contributed by atoms with Crippen LogP contribution in [0.2, 0.25) is 5.02 Å². The maximum atomic E-state index is 13.1. The maximum Gasteiger partial charge on any atom is 0.257 e. The van der Waals surface area contributed by atoms with Crippen LogP contribution in [0.4, 0.5) is 5.13 Å². The molecule has 1 aromatic heterocycles. The van der Waals surface area contributed by atoms with E-state index in [0.29, 0.717) is 35.2 Å². The van der Waals surface area contributed by atoms with Crippen molar-refractivity contribution in [3.63, 3.8) is 0 Å². The molecule has 0 saturated heterocycles. The van der Waals surface area contributed by atoms with Crippen LogP contribution in [0, 0.1) is 6.92 Å². The van der Waals surface area contributed by atoms with E-state index in [1.54, 1.807) is 48.7 Å². The van der Waals surface area contributed by atoms with Gasteiger partial charge in [0.1, 0.15) is 0 Å². The molecule has 0 bridgehead atoms. The molecule has 37 heavy (non-hydrogen) atoms. The van der Waals surface area contributed by atoms with Crippen molar-refractivity contribution in [3.05, 3.63) is 106 Å². The number of hydrogen-bond acceptors (Lipinski definition) is 7. The molecule has 0 unspecified atom stereocenters. The van der Waals surface area contributed by atoms with Gasteiger partial charge in [0, 0.05) is 28.2 Å². The molecular weight excluding hydrogens is 530 g/mol. The molecule has 4 rings (SSSR count). The summed E-state index contributed by atoms with van der Waals surface area (Å²) in [4.78, 5) is 17.8. The Labute approximate surface area is 225 Å². The van der Waals surface area contributed by atoms with Gasteiger partial charge in [-0.05, 0) is 79.5 Å². The Bertz CT molecular complexity index is 1470. The van der Waals surface area contributed by atoms with Gasteiger partial charge in [-0.2, -0.15) is 0 Å². The van der Waals surface area contributed by atoms with Crippen molar-refractivity contribution in [2.45, 2.75) is 29.2 Å². The van der Waals surface area contributed by atoms with Gasteiger partial charge in [0.15, 0.2) is 5.13 Å². The van der Waals surface area contributed by atoms with Crippen molar-refractivity contribution in [3.8, 4) is 0 Å². The minimum Gasteiger partial charge on any atom is -0.387 e. The fraction of sp³-hybridized carbons (Fsp3) is 0.185. The average molecular weight is 556 g/mol. The van der Waals surface area contributed by atoms with Crippen molar-refractivity contribution in [1.29, 1.82) is 0 Å². The molecular formula is C27H26ClN3O4S2. The Morgan fingerprint density at radius 3 is 2.35 bits per heavy atom. The van der Waals surface area contributed by atoms with Crippen molar-refractivity contribution in [1.82, 2.24) is 10.3 Å². The molecule has 192 valence electrons. The molecule has 1 atom stereocenters. The van der Waals surface area contributed by atoms with E-state index >= 15 is 0 Å². The number of aliphatic hydroxyl groups excluding tert-OH is 1. The second-order valence-electron chi connectivity index (χ2n) is 8.43. The third-order valence-electron chi connectivity index (χ3n) is 5.66. The Balaban J connectivity index is 1.31. The fourth-order valence-electron chi connectivity index (χ4n) is 3.64. The third kappa shape index (κ3) is 7.03. The van der Waals surface area contributed by atoms with Crippen LogP contribution >= 0.6 is 22.9 Å². The van der Waals surface area contributed by atoms with Crippen molar-refractivity contribution < 1.29 is 18.3 Å². The number of sulfone groups is 1. The zero-order chi connectivity index (χ0) is 26.4. The van der Waals surface area contributed by atoms with Gasteiger partial charge in [0.25, 0.3) is 5.91 Å². The van der Waals surface area contributed by atoms with Crippen LogP contribution in [-0.4, -0.2) is 37.5 Å². The number of benzene rings is 3. The Morgan fingerprint density at radius 2 is 1.73 bits per heavy atom. The number of anilines is 1. The number of nitrogens with one attached hydrogen (secondary N) is 2. The molecule has 4 aromatic rings. The van der Waals surface area contributed by atoms with Crippen LogP contribution in [-0.2, 0) is 16.3 Å². The first-order chi connectivity index (χ1) is 17.7. The predicted molar refractivity (Wildman–Crippen MR) is 146 cm³/mol. The van der Waals surface area contributed by atoms with E-state index in [0.717, 1.165) is 16.0 Å². The highest BCUT2D eigenvalue weighted by Crippen LogP contribution is 2.23. The first kappa shape index (κ1) is 27.0. The number of carbonyl (C=O) groups is 1. The number of halogens is 1. The Hall–Kier alpha value is -3.08. The lowest BCUT2D eigenvalue weighted by molar-refractivity contribution is 0.102. The smallest absolute Gasteiger partial charge is 0.257 e. The first-order valence-electron chi connectivity index (χ1n) is 11.5. The number of aromatic nitrogens is 1. The van der Waals surface area contributed by atoms with Gasteiger partial charge in [0.05, 0.1) is 15.9 Å². The Kier molecular flexibility index (Phi) is 8.73. The van der Waals surface area contributed by atoms with E-state index in [1.165, 1.54) is 35.6 Å². The highest BCUT2D eigenvalue weighted by atomic mass is 35.5. The summed E-state index contributed by atoms with van der Waals surface area (Å²) < 4.78 is 26.1. The van der Waals surface area contributed by atoms with Gasteiger partial charge in [-0.3, -0.25) is 10.1 Å². The summed E-state index contributed by atoms with van der Waals surface area (Å²) in [5, 5.41) is 17.3. The van der Waals surface area contributed by atoms with Gasteiger partial charge >= 0.3 is 0 Å². The first-order valence-corrected chi connectivity index (χ1v) is 14.2. The molecule has 7 nitrogen and oxygen atoms in total. The summed E-state index contributed by atoms with van der Waals surface area (Å²) >= 11 is 7.33. The minimum atomic E-state index is -3.73. The fourth-order valence-corrected chi connectivity index (χ4v) is 5.76.